The first-order valence-corrected chi connectivity index (χ1v) is 6.64. The fourth-order valence-corrected chi connectivity index (χ4v) is 2.52. The van der Waals surface area contributed by atoms with Gasteiger partial charge in [-0.3, -0.25) is 0 Å². The summed E-state index contributed by atoms with van der Waals surface area (Å²) in [5.74, 6) is 3.77. The van der Waals surface area contributed by atoms with Gasteiger partial charge in [-0.15, -0.1) is 12.3 Å². The van der Waals surface area contributed by atoms with Crippen LogP contribution in [0.4, 0.5) is 0 Å². The van der Waals surface area contributed by atoms with Crippen molar-refractivity contribution in [2.75, 3.05) is 6.61 Å². The van der Waals surface area contributed by atoms with E-state index in [1.165, 1.54) is 11.1 Å². The number of hydrogen-bond donors (Lipinski definition) is 1. The van der Waals surface area contributed by atoms with Gasteiger partial charge in [0.2, 0.25) is 0 Å². The maximum Gasteiger partial charge on any atom is 0.126 e. The van der Waals surface area contributed by atoms with Gasteiger partial charge in [0.05, 0.1) is 6.61 Å². The van der Waals surface area contributed by atoms with Crippen molar-refractivity contribution < 1.29 is 4.74 Å². The van der Waals surface area contributed by atoms with Crippen LogP contribution in [0.15, 0.2) is 18.2 Å². The van der Waals surface area contributed by atoms with E-state index in [1.807, 2.05) is 0 Å². The lowest BCUT2D eigenvalue weighted by Gasteiger charge is -2.22. The molecule has 0 amide bonds. The molecule has 0 spiro atoms. The van der Waals surface area contributed by atoms with Crippen LogP contribution in [-0.4, -0.2) is 12.6 Å². The molecule has 1 heterocycles. The maximum atomic E-state index is 5.87. The van der Waals surface area contributed by atoms with E-state index in [4.69, 9.17) is 11.2 Å². The third-order valence-corrected chi connectivity index (χ3v) is 3.41. The molecule has 2 heteroatoms. The summed E-state index contributed by atoms with van der Waals surface area (Å²) in [4.78, 5) is 0. The second-order valence-electron chi connectivity index (χ2n) is 5.01. The summed E-state index contributed by atoms with van der Waals surface area (Å²) >= 11 is 0. The molecule has 2 unspecified atom stereocenters. The molecule has 18 heavy (non-hydrogen) atoms. The predicted octanol–water partition coefficient (Wildman–Crippen LogP) is 3.21. The molecule has 1 aromatic rings. The highest BCUT2D eigenvalue weighted by molar-refractivity contribution is 5.43. The van der Waals surface area contributed by atoms with Crippen LogP contribution in [-0.2, 0) is 0 Å². The number of nitrogens with one attached hydrogen (secondary N) is 1. The molecule has 0 bridgehead atoms. The topological polar surface area (TPSA) is 21.3 Å². The van der Waals surface area contributed by atoms with Gasteiger partial charge in [0.1, 0.15) is 5.75 Å². The Morgan fingerprint density at radius 2 is 2.39 bits per heavy atom. The van der Waals surface area contributed by atoms with Gasteiger partial charge in [-0.1, -0.05) is 18.2 Å². The van der Waals surface area contributed by atoms with Gasteiger partial charge >= 0.3 is 0 Å². The zero-order chi connectivity index (χ0) is 13.0. The van der Waals surface area contributed by atoms with Gasteiger partial charge in [-0.2, -0.15) is 0 Å². The number of benzene rings is 1. The van der Waals surface area contributed by atoms with Gasteiger partial charge in [-0.05, 0) is 32.3 Å². The van der Waals surface area contributed by atoms with Gasteiger partial charge in [-0.25, -0.2) is 0 Å². The zero-order valence-electron chi connectivity index (χ0n) is 11.2. The summed E-state index contributed by atoms with van der Waals surface area (Å²) in [6, 6.07) is 7.06. The predicted molar refractivity (Wildman–Crippen MR) is 74.7 cm³/mol. The highest BCUT2D eigenvalue weighted by atomic mass is 16.5. The van der Waals surface area contributed by atoms with Gasteiger partial charge < -0.3 is 10.1 Å². The minimum Gasteiger partial charge on any atom is -0.493 e. The van der Waals surface area contributed by atoms with Crippen molar-refractivity contribution in [3.8, 4) is 18.1 Å². The van der Waals surface area contributed by atoms with E-state index in [9.17, 15) is 0 Å². The quantitative estimate of drug-likeness (QED) is 0.823. The van der Waals surface area contributed by atoms with Crippen molar-refractivity contribution in [3.05, 3.63) is 29.3 Å². The first-order valence-electron chi connectivity index (χ1n) is 6.64. The number of terminal acetylenes is 1. The molecule has 96 valence electrons. The standard InChI is InChI=1S/C16H21NO/c1-4-7-13(3)17-15-10-6-11-18-16-12(2)8-5-9-14(15)16/h1,5,8-9,13,15,17H,6-7,10-11H2,2-3H3. The highest BCUT2D eigenvalue weighted by Gasteiger charge is 2.21. The van der Waals surface area contributed by atoms with Crippen LogP contribution in [0, 0.1) is 19.3 Å². The van der Waals surface area contributed by atoms with E-state index in [1.54, 1.807) is 0 Å². The Bertz CT molecular complexity index is 447. The van der Waals surface area contributed by atoms with Crippen molar-refractivity contribution >= 4 is 0 Å². The van der Waals surface area contributed by atoms with Gasteiger partial charge in [0.15, 0.2) is 0 Å². The van der Waals surface area contributed by atoms with Crippen LogP contribution in [0.5, 0.6) is 5.75 Å². The first-order chi connectivity index (χ1) is 8.72. The molecule has 0 saturated heterocycles. The van der Waals surface area contributed by atoms with Crippen LogP contribution in [0.1, 0.15) is 43.4 Å². The van der Waals surface area contributed by atoms with E-state index in [0.29, 0.717) is 12.1 Å². The molecule has 1 aromatic carbocycles. The number of rotatable bonds is 3. The number of fused-ring (bicyclic) bond motifs is 1. The normalized spacial score (nSPS) is 20.2. The number of para-hydroxylation sites is 1. The first kappa shape index (κ1) is 13.0. The molecule has 2 atom stereocenters. The van der Waals surface area contributed by atoms with Crippen molar-refractivity contribution in [3.63, 3.8) is 0 Å². The van der Waals surface area contributed by atoms with E-state index in [0.717, 1.165) is 31.6 Å². The third-order valence-electron chi connectivity index (χ3n) is 3.41. The SMILES string of the molecule is C#CCC(C)NC1CCCOc2c(C)cccc21. The molecular weight excluding hydrogens is 222 g/mol. The summed E-state index contributed by atoms with van der Waals surface area (Å²) in [5, 5.41) is 3.62. The highest BCUT2D eigenvalue weighted by Crippen LogP contribution is 2.34. The monoisotopic (exact) mass is 243 g/mol. The van der Waals surface area contributed by atoms with Crippen molar-refractivity contribution in [1.82, 2.24) is 5.32 Å². The Balaban J connectivity index is 2.22. The maximum absolute atomic E-state index is 5.87. The molecule has 0 aliphatic carbocycles. The summed E-state index contributed by atoms with van der Waals surface area (Å²) in [6.07, 6.45) is 8.31. The van der Waals surface area contributed by atoms with Crippen LogP contribution in [0.3, 0.4) is 0 Å². The molecule has 1 aliphatic heterocycles. The van der Waals surface area contributed by atoms with E-state index < -0.39 is 0 Å². The van der Waals surface area contributed by atoms with Crippen LogP contribution >= 0.6 is 0 Å². The average Bonchev–Trinajstić information content (AvgIpc) is 2.54. The smallest absolute Gasteiger partial charge is 0.126 e. The van der Waals surface area contributed by atoms with Crippen LogP contribution in [0.2, 0.25) is 0 Å². The second kappa shape index (κ2) is 5.93. The number of aryl methyl sites for hydroxylation is 1. The van der Waals surface area contributed by atoms with Crippen LogP contribution in [0.25, 0.3) is 0 Å². The molecular formula is C16H21NO. The largest absolute Gasteiger partial charge is 0.493 e. The summed E-state index contributed by atoms with van der Waals surface area (Å²) in [7, 11) is 0. The summed E-state index contributed by atoms with van der Waals surface area (Å²) < 4.78 is 5.87. The number of ether oxygens (including phenoxy) is 1. The Hall–Kier alpha value is -1.46. The molecule has 0 aromatic heterocycles. The summed E-state index contributed by atoms with van der Waals surface area (Å²) in [5.41, 5.74) is 2.49. The van der Waals surface area contributed by atoms with Crippen molar-refractivity contribution in [1.29, 1.82) is 0 Å². The lowest BCUT2D eigenvalue weighted by Crippen LogP contribution is -2.30. The van der Waals surface area contributed by atoms with Gasteiger partial charge in [0.25, 0.3) is 0 Å². The Kier molecular flexibility index (Phi) is 4.28. The second-order valence-corrected chi connectivity index (χ2v) is 5.01. The Labute approximate surface area is 110 Å². The number of hydrogen-bond acceptors (Lipinski definition) is 2. The minimum atomic E-state index is 0.339. The molecule has 1 N–H and O–H groups in total. The Morgan fingerprint density at radius 3 is 3.17 bits per heavy atom. The van der Waals surface area contributed by atoms with Crippen LogP contribution < -0.4 is 10.1 Å². The molecule has 0 saturated carbocycles. The van der Waals surface area contributed by atoms with Gasteiger partial charge in [0, 0.05) is 24.1 Å². The van der Waals surface area contributed by atoms with Crippen molar-refractivity contribution in [2.24, 2.45) is 0 Å². The van der Waals surface area contributed by atoms with E-state index in [2.05, 4.69) is 43.3 Å². The van der Waals surface area contributed by atoms with E-state index >= 15 is 0 Å². The van der Waals surface area contributed by atoms with E-state index in [-0.39, 0.29) is 0 Å². The minimum absolute atomic E-state index is 0.339. The molecule has 0 radical (unpaired) electrons. The fraction of sp³-hybridized carbons (Fsp3) is 0.500. The Morgan fingerprint density at radius 1 is 1.56 bits per heavy atom. The summed E-state index contributed by atoms with van der Waals surface area (Å²) in [6.45, 7) is 5.05. The molecule has 1 aliphatic rings. The molecule has 2 nitrogen and oxygen atoms in total. The zero-order valence-corrected chi connectivity index (χ0v) is 11.2. The lowest BCUT2D eigenvalue weighted by atomic mass is 9.99. The van der Waals surface area contributed by atoms with Crippen molar-refractivity contribution in [2.45, 2.75) is 45.2 Å². The average molecular weight is 243 g/mol. The third kappa shape index (κ3) is 2.86. The fourth-order valence-electron chi connectivity index (χ4n) is 2.52. The molecule has 0 fully saturated rings. The molecule has 2 rings (SSSR count). The lowest BCUT2D eigenvalue weighted by molar-refractivity contribution is 0.312.